The Bertz CT molecular complexity index is 575. The Kier molecular flexibility index (Phi) is 3.49. The number of aliphatic carboxylic acids is 1. The molecule has 1 aromatic carbocycles. The molecule has 1 saturated carbocycles. The maximum atomic E-state index is 12.3. The lowest BCUT2D eigenvalue weighted by atomic mass is 9.79. The van der Waals surface area contributed by atoms with E-state index in [0.717, 1.165) is 19.3 Å². The van der Waals surface area contributed by atoms with Crippen LogP contribution >= 0.6 is 0 Å². The number of amides is 2. The molecule has 110 valence electrons. The quantitative estimate of drug-likeness (QED) is 0.865. The summed E-state index contributed by atoms with van der Waals surface area (Å²) < 4.78 is 0. The second-order valence-electron chi connectivity index (χ2n) is 5.76. The maximum Gasteiger partial charge on any atom is 0.306 e. The highest BCUT2D eigenvalue weighted by atomic mass is 16.4. The molecule has 0 unspecified atom stereocenters. The number of imide groups is 1. The molecular formula is C16H17NO4. The van der Waals surface area contributed by atoms with Crippen molar-refractivity contribution in [1.29, 1.82) is 0 Å². The standard InChI is InChI=1S/C16H17NO4/c18-14-12-7-3-4-8-13(12)15(19)17(14)9-10-5-1-2-6-11(10)16(20)21/h3-4,7-8,10-11H,1-2,5-6,9H2,(H,20,21)/t10-,11+/m0/s1. The fourth-order valence-electron chi connectivity index (χ4n) is 3.39. The number of fused-ring (bicyclic) bond motifs is 1. The van der Waals surface area contributed by atoms with E-state index in [1.165, 1.54) is 4.90 Å². The Labute approximate surface area is 122 Å². The van der Waals surface area contributed by atoms with Crippen LogP contribution in [0.4, 0.5) is 0 Å². The van der Waals surface area contributed by atoms with Crippen molar-refractivity contribution >= 4 is 17.8 Å². The molecule has 5 nitrogen and oxygen atoms in total. The van der Waals surface area contributed by atoms with Crippen molar-refractivity contribution in [1.82, 2.24) is 4.90 Å². The van der Waals surface area contributed by atoms with E-state index in [4.69, 9.17) is 0 Å². The second-order valence-corrected chi connectivity index (χ2v) is 5.76. The topological polar surface area (TPSA) is 74.7 Å². The lowest BCUT2D eigenvalue weighted by Gasteiger charge is -2.31. The average Bonchev–Trinajstić information content (AvgIpc) is 2.73. The van der Waals surface area contributed by atoms with Gasteiger partial charge >= 0.3 is 5.97 Å². The van der Waals surface area contributed by atoms with Gasteiger partial charge in [-0.3, -0.25) is 19.3 Å². The maximum absolute atomic E-state index is 12.3. The van der Waals surface area contributed by atoms with E-state index in [1.807, 2.05) is 0 Å². The van der Waals surface area contributed by atoms with E-state index in [0.29, 0.717) is 17.5 Å². The molecule has 3 rings (SSSR count). The third kappa shape index (κ3) is 2.33. The number of nitrogens with zero attached hydrogens (tertiary/aromatic N) is 1. The molecule has 1 fully saturated rings. The van der Waals surface area contributed by atoms with E-state index in [-0.39, 0.29) is 24.3 Å². The summed E-state index contributed by atoms with van der Waals surface area (Å²) in [4.78, 5) is 37.2. The minimum absolute atomic E-state index is 0.140. The molecule has 2 atom stereocenters. The third-order valence-corrected chi connectivity index (χ3v) is 4.52. The van der Waals surface area contributed by atoms with Gasteiger partial charge in [0.1, 0.15) is 0 Å². The molecule has 5 heteroatoms. The summed E-state index contributed by atoms with van der Waals surface area (Å²) in [6.45, 7) is 0.212. The summed E-state index contributed by atoms with van der Waals surface area (Å²) in [6, 6.07) is 6.75. The highest BCUT2D eigenvalue weighted by molar-refractivity contribution is 6.21. The van der Waals surface area contributed by atoms with Crippen molar-refractivity contribution in [2.24, 2.45) is 11.8 Å². The normalized spacial score (nSPS) is 25.0. The molecule has 1 heterocycles. The number of carbonyl (C=O) groups is 3. The molecule has 2 amide bonds. The van der Waals surface area contributed by atoms with Gasteiger partial charge in [0.2, 0.25) is 0 Å². The van der Waals surface area contributed by atoms with Crippen LogP contribution < -0.4 is 0 Å². The Morgan fingerprint density at radius 2 is 1.67 bits per heavy atom. The monoisotopic (exact) mass is 287 g/mol. The Balaban J connectivity index is 1.81. The number of carboxylic acids is 1. The van der Waals surface area contributed by atoms with Gasteiger partial charge in [-0.1, -0.05) is 25.0 Å². The van der Waals surface area contributed by atoms with Gasteiger partial charge in [0, 0.05) is 6.54 Å². The highest BCUT2D eigenvalue weighted by Crippen LogP contribution is 2.33. The largest absolute Gasteiger partial charge is 0.481 e. The summed E-state index contributed by atoms with van der Waals surface area (Å²) in [5, 5.41) is 9.30. The van der Waals surface area contributed by atoms with Gasteiger partial charge in [0.15, 0.2) is 0 Å². The van der Waals surface area contributed by atoms with Gasteiger partial charge in [-0.15, -0.1) is 0 Å². The minimum atomic E-state index is -0.823. The summed E-state index contributed by atoms with van der Waals surface area (Å²) in [5.41, 5.74) is 0.843. The number of carboxylic acid groups (broad SMARTS) is 1. The first-order chi connectivity index (χ1) is 10.1. The molecule has 1 aromatic rings. The summed E-state index contributed by atoms with van der Waals surface area (Å²) >= 11 is 0. The van der Waals surface area contributed by atoms with E-state index in [1.54, 1.807) is 24.3 Å². The zero-order valence-corrected chi connectivity index (χ0v) is 11.6. The van der Waals surface area contributed by atoms with Crippen molar-refractivity contribution in [2.75, 3.05) is 6.54 Å². The number of carbonyl (C=O) groups excluding carboxylic acids is 2. The number of rotatable bonds is 3. The molecule has 0 spiro atoms. The first-order valence-corrected chi connectivity index (χ1v) is 7.27. The van der Waals surface area contributed by atoms with E-state index in [9.17, 15) is 19.5 Å². The summed E-state index contributed by atoms with van der Waals surface area (Å²) in [5.74, 6) is -2.02. The van der Waals surface area contributed by atoms with Gasteiger partial charge in [0.05, 0.1) is 17.0 Å². The zero-order chi connectivity index (χ0) is 15.0. The van der Waals surface area contributed by atoms with Crippen LogP contribution in [0.2, 0.25) is 0 Å². The molecule has 0 saturated heterocycles. The van der Waals surface area contributed by atoms with Crippen molar-refractivity contribution in [3.05, 3.63) is 35.4 Å². The predicted octanol–water partition coefficient (Wildman–Crippen LogP) is 2.17. The Morgan fingerprint density at radius 3 is 2.24 bits per heavy atom. The Morgan fingerprint density at radius 1 is 1.10 bits per heavy atom. The predicted molar refractivity (Wildman–Crippen MR) is 74.9 cm³/mol. The molecule has 0 aromatic heterocycles. The average molecular weight is 287 g/mol. The van der Waals surface area contributed by atoms with Crippen LogP contribution in [0.25, 0.3) is 0 Å². The van der Waals surface area contributed by atoms with Crippen molar-refractivity contribution in [2.45, 2.75) is 25.7 Å². The smallest absolute Gasteiger partial charge is 0.306 e. The van der Waals surface area contributed by atoms with E-state index < -0.39 is 11.9 Å². The van der Waals surface area contributed by atoms with Gasteiger partial charge < -0.3 is 5.11 Å². The fourth-order valence-corrected chi connectivity index (χ4v) is 3.39. The number of hydrogen-bond donors (Lipinski definition) is 1. The third-order valence-electron chi connectivity index (χ3n) is 4.52. The van der Waals surface area contributed by atoms with Crippen LogP contribution in [-0.4, -0.2) is 34.3 Å². The fraction of sp³-hybridized carbons (Fsp3) is 0.438. The van der Waals surface area contributed by atoms with E-state index >= 15 is 0 Å². The van der Waals surface area contributed by atoms with Gasteiger partial charge in [0.25, 0.3) is 11.8 Å². The van der Waals surface area contributed by atoms with Crippen LogP contribution in [-0.2, 0) is 4.79 Å². The molecule has 1 N–H and O–H groups in total. The number of benzene rings is 1. The second kappa shape index (κ2) is 5.31. The lowest BCUT2D eigenvalue weighted by molar-refractivity contribution is -0.145. The first kappa shape index (κ1) is 13.8. The summed E-state index contributed by atoms with van der Waals surface area (Å²) in [6.07, 6.45) is 3.24. The zero-order valence-electron chi connectivity index (χ0n) is 11.6. The molecular weight excluding hydrogens is 270 g/mol. The molecule has 1 aliphatic heterocycles. The van der Waals surface area contributed by atoms with Gasteiger partial charge in [-0.2, -0.15) is 0 Å². The molecule has 0 bridgehead atoms. The first-order valence-electron chi connectivity index (χ1n) is 7.27. The molecule has 2 aliphatic rings. The molecule has 0 radical (unpaired) electrons. The van der Waals surface area contributed by atoms with Crippen LogP contribution in [0.3, 0.4) is 0 Å². The van der Waals surface area contributed by atoms with E-state index in [2.05, 4.69) is 0 Å². The lowest BCUT2D eigenvalue weighted by Crippen LogP contribution is -2.40. The van der Waals surface area contributed by atoms with Crippen LogP contribution in [0.1, 0.15) is 46.4 Å². The highest BCUT2D eigenvalue weighted by Gasteiger charge is 2.39. The Hall–Kier alpha value is -2.17. The van der Waals surface area contributed by atoms with Gasteiger partial charge in [-0.25, -0.2) is 0 Å². The number of hydrogen-bond acceptors (Lipinski definition) is 3. The minimum Gasteiger partial charge on any atom is -0.481 e. The van der Waals surface area contributed by atoms with Gasteiger partial charge in [-0.05, 0) is 30.9 Å². The summed E-state index contributed by atoms with van der Waals surface area (Å²) in [7, 11) is 0. The van der Waals surface area contributed by atoms with Crippen LogP contribution in [0.5, 0.6) is 0 Å². The van der Waals surface area contributed by atoms with Crippen molar-refractivity contribution in [3.8, 4) is 0 Å². The molecule has 21 heavy (non-hydrogen) atoms. The van der Waals surface area contributed by atoms with Crippen molar-refractivity contribution < 1.29 is 19.5 Å². The van der Waals surface area contributed by atoms with Crippen molar-refractivity contribution in [3.63, 3.8) is 0 Å². The van der Waals surface area contributed by atoms with Crippen LogP contribution in [0.15, 0.2) is 24.3 Å². The SMILES string of the molecule is O=C(O)[C@@H]1CCCC[C@H]1CN1C(=O)c2ccccc2C1=O. The molecule has 1 aliphatic carbocycles. The van der Waals surface area contributed by atoms with Crippen LogP contribution in [0, 0.1) is 11.8 Å².